The van der Waals surface area contributed by atoms with Crippen molar-refractivity contribution in [2.24, 2.45) is 10.2 Å². The highest BCUT2D eigenvalue weighted by Crippen LogP contribution is 2.24. The summed E-state index contributed by atoms with van der Waals surface area (Å²) < 4.78 is 5.18. The molecule has 0 aliphatic rings. The first-order chi connectivity index (χ1) is 12.2. The number of aryl methyl sites for hydroxylation is 1. The second kappa shape index (κ2) is 7.66. The van der Waals surface area contributed by atoms with Crippen molar-refractivity contribution in [2.75, 3.05) is 7.11 Å². The van der Waals surface area contributed by atoms with E-state index in [1.807, 2.05) is 74.5 Å². The number of hydrogen-bond acceptors (Lipinski definition) is 5. The molecule has 1 unspecified atom stereocenters. The van der Waals surface area contributed by atoms with Crippen LogP contribution in [-0.2, 0) is 0 Å². The van der Waals surface area contributed by atoms with Crippen molar-refractivity contribution in [3.63, 3.8) is 0 Å². The monoisotopic (exact) mass is 332 g/mol. The number of nitrogens with zero attached hydrogens (tertiary/aromatic N) is 4. The lowest BCUT2D eigenvalue weighted by atomic mass is 10.1. The van der Waals surface area contributed by atoms with Crippen molar-refractivity contribution in [1.82, 2.24) is 9.97 Å². The van der Waals surface area contributed by atoms with Gasteiger partial charge < -0.3 is 4.74 Å². The van der Waals surface area contributed by atoms with Gasteiger partial charge in [0, 0.05) is 11.6 Å². The molecule has 0 spiro atoms. The molecule has 1 atom stereocenters. The van der Waals surface area contributed by atoms with Crippen LogP contribution >= 0.6 is 0 Å². The van der Waals surface area contributed by atoms with Gasteiger partial charge in [0.15, 0.2) is 5.82 Å². The van der Waals surface area contributed by atoms with Crippen LogP contribution in [0.4, 0.5) is 5.82 Å². The third kappa shape index (κ3) is 4.26. The van der Waals surface area contributed by atoms with Gasteiger partial charge in [-0.2, -0.15) is 5.11 Å². The highest BCUT2D eigenvalue weighted by Gasteiger charge is 2.06. The highest BCUT2D eigenvalue weighted by atomic mass is 16.5. The van der Waals surface area contributed by atoms with Crippen molar-refractivity contribution in [2.45, 2.75) is 19.9 Å². The SMILES string of the molecule is COc1ccc(C(C)N=Nc2cc(-c3ccccc3)nc(C)n2)cc1. The molecule has 2 aromatic carbocycles. The predicted molar refractivity (Wildman–Crippen MR) is 98.1 cm³/mol. The van der Waals surface area contributed by atoms with E-state index in [4.69, 9.17) is 4.74 Å². The molecule has 5 heteroatoms. The quantitative estimate of drug-likeness (QED) is 0.595. The van der Waals surface area contributed by atoms with Crippen molar-refractivity contribution >= 4 is 5.82 Å². The number of benzene rings is 2. The van der Waals surface area contributed by atoms with Gasteiger partial charge >= 0.3 is 0 Å². The van der Waals surface area contributed by atoms with Crippen molar-refractivity contribution in [1.29, 1.82) is 0 Å². The summed E-state index contributed by atoms with van der Waals surface area (Å²) in [6.45, 7) is 3.86. The maximum Gasteiger partial charge on any atom is 0.177 e. The molecule has 0 saturated carbocycles. The summed E-state index contributed by atoms with van der Waals surface area (Å²) in [5.41, 5.74) is 2.95. The molecule has 25 heavy (non-hydrogen) atoms. The van der Waals surface area contributed by atoms with E-state index in [1.165, 1.54) is 0 Å². The third-order valence-corrected chi connectivity index (χ3v) is 3.83. The van der Waals surface area contributed by atoms with Gasteiger partial charge in [-0.1, -0.05) is 42.5 Å². The lowest BCUT2D eigenvalue weighted by Gasteiger charge is -2.07. The Kier molecular flexibility index (Phi) is 5.14. The highest BCUT2D eigenvalue weighted by molar-refractivity contribution is 5.61. The van der Waals surface area contributed by atoms with E-state index in [1.54, 1.807) is 7.11 Å². The lowest BCUT2D eigenvalue weighted by molar-refractivity contribution is 0.414. The fourth-order valence-electron chi connectivity index (χ4n) is 2.45. The molecule has 3 rings (SSSR count). The Labute approximate surface area is 147 Å². The average molecular weight is 332 g/mol. The van der Waals surface area contributed by atoms with Crippen LogP contribution in [0.25, 0.3) is 11.3 Å². The van der Waals surface area contributed by atoms with Crippen molar-refractivity contribution < 1.29 is 4.74 Å². The second-order valence-electron chi connectivity index (χ2n) is 5.69. The number of hydrogen-bond donors (Lipinski definition) is 0. The van der Waals surface area contributed by atoms with Crippen LogP contribution in [0.3, 0.4) is 0 Å². The number of methoxy groups -OCH3 is 1. The topological polar surface area (TPSA) is 59.7 Å². The van der Waals surface area contributed by atoms with Crippen molar-refractivity contribution in [3.8, 4) is 17.0 Å². The first kappa shape index (κ1) is 16.8. The zero-order valence-electron chi connectivity index (χ0n) is 14.5. The fraction of sp³-hybridized carbons (Fsp3) is 0.200. The van der Waals surface area contributed by atoms with Crippen LogP contribution < -0.4 is 4.74 Å². The van der Waals surface area contributed by atoms with E-state index in [0.717, 1.165) is 22.6 Å². The van der Waals surface area contributed by atoms with E-state index < -0.39 is 0 Å². The first-order valence-electron chi connectivity index (χ1n) is 8.11. The third-order valence-electron chi connectivity index (χ3n) is 3.83. The van der Waals surface area contributed by atoms with Crippen LogP contribution in [0, 0.1) is 6.92 Å². The summed E-state index contributed by atoms with van der Waals surface area (Å²) in [7, 11) is 1.65. The van der Waals surface area contributed by atoms with Gasteiger partial charge in [-0.05, 0) is 31.5 Å². The Balaban J connectivity index is 1.81. The minimum Gasteiger partial charge on any atom is -0.497 e. The molecule has 0 amide bonds. The molecule has 0 aliphatic carbocycles. The van der Waals surface area contributed by atoms with Crippen LogP contribution in [0.15, 0.2) is 70.9 Å². The van der Waals surface area contributed by atoms with Gasteiger partial charge in [0.05, 0.1) is 18.8 Å². The van der Waals surface area contributed by atoms with Gasteiger partial charge in [0.2, 0.25) is 0 Å². The first-order valence-corrected chi connectivity index (χ1v) is 8.11. The molecule has 3 aromatic rings. The van der Waals surface area contributed by atoms with Crippen LogP contribution in [0.5, 0.6) is 5.75 Å². The fourth-order valence-corrected chi connectivity index (χ4v) is 2.45. The summed E-state index contributed by atoms with van der Waals surface area (Å²) >= 11 is 0. The number of aromatic nitrogens is 2. The van der Waals surface area contributed by atoms with E-state index in [9.17, 15) is 0 Å². The molecule has 126 valence electrons. The molecule has 1 heterocycles. The maximum atomic E-state index is 5.18. The molecular formula is C20H20N4O. The Hall–Kier alpha value is -3.08. The normalized spacial score (nSPS) is 12.3. The summed E-state index contributed by atoms with van der Waals surface area (Å²) in [6, 6.07) is 19.6. The minimum atomic E-state index is -0.0682. The summed E-state index contributed by atoms with van der Waals surface area (Å²) in [6.07, 6.45) is 0. The van der Waals surface area contributed by atoms with Gasteiger partial charge in [-0.25, -0.2) is 9.97 Å². The Bertz CT molecular complexity index is 861. The Morgan fingerprint density at radius 3 is 2.36 bits per heavy atom. The smallest absolute Gasteiger partial charge is 0.177 e. The number of ether oxygens (including phenoxy) is 1. The van der Waals surface area contributed by atoms with E-state index in [2.05, 4.69) is 20.2 Å². The van der Waals surface area contributed by atoms with E-state index in [0.29, 0.717) is 11.6 Å². The number of rotatable bonds is 5. The summed E-state index contributed by atoms with van der Waals surface area (Å²) in [5.74, 6) is 2.06. The van der Waals surface area contributed by atoms with Crippen molar-refractivity contribution in [3.05, 3.63) is 72.1 Å². The summed E-state index contributed by atoms with van der Waals surface area (Å²) in [4.78, 5) is 8.84. The largest absolute Gasteiger partial charge is 0.497 e. The summed E-state index contributed by atoms with van der Waals surface area (Å²) in [5, 5.41) is 8.70. The van der Waals surface area contributed by atoms with Crippen LogP contribution in [-0.4, -0.2) is 17.1 Å². The molecule has 0 fully saturated rings. The molecule has 0 N–H and O–H groups in total. The van der Waals surface area contributed by atoms with E-state index >= 15 is 0 Å². The van der Waals surface area contributed by atoms with Gasteiger partial charge in [-0.3, -0.25) is 0 Å². The predicted octanol–water partition coefficient (Wildman–Crippen LogP) is 5.31. The molecule has 0 aliphatic heterocycles. The molecular weight excluding hydrogens is 312 g/mol. The maximum absolute atomic E-state index is 5.18. The molecule has 5 nitrogen and oxygen atoms in total. The zero-order valence-corrected chi connectivity index (χ0v) is 14.5. The van der Waals surface area contributed by atoms with Gasteiger partial charge in [-0.15, -0.1) is 5.11 Å². The standard InChI is InChI=1S/C20H20N4O/c1-14(16-9-11-18(25-3)12-10-16)23-24-20-13-19(21-15(2)22-20)17-7-5-4-6-8-17/h4-14H,1-3H3. The molecule has 1 aromatic heterocycles. The zero-order chi connectivity index (χ0) is 17.6. The Morgan fingerprint density at radius 2 is 1.68 bits per heavy atom. The Morgan fingerprint density at radius 1 is 0.960 bits per heavy atom. The second-order valence-corrected chi connectivity index (χ2v) is 5.69. The van der Waals surface area contributed by atoms with Gasteiger partial charge in [0.1, 0.15) is 11.6 Å². The molecule has 0 radical (unpaired) electrons. The lowest BCUT2D eigenvalue weighted by Crippen LogP contribution is -1.92. The minimum absolute atomic E-state index is 0.0682. The number of azo groups is 1. The van der Waals surface area contributed by atoms with Crippen LogP contribution in [0.2, 0.25) is 0 Å². The molecule has 0 saturated heterocycles. The van der Waals surface area contributed by atoms with Crippen LogP contribution in [0.1, 0.15) is 24.4 Å². The van der Waals surface area contributed by atoms with E-state index in [-0.39, 0.29) is 6.04 Å². The van der Waals surface area contributed by atoms with Gasteiger partial charge in [0.25, 0.3) is 0 Å². The molecule has 0 bridgehead atoms. The average Bonchev–Trinajstić information content (AvgIpc) is 2.66.